The third-order valence-corrected chi connectivity index (χ3v) is 4.63. The number of nitro groups is 1. The lowest BCUT2D eigenvalue weighted by atomic mass is 10.0. The standard InChI is InChI=1S/C15H21FN4O2.ClH/c16-14-11-13(1-2-15(14)20(21)22)19-9-7-18(8-10-19)12-3-5-17-6-4-12;/h1-2,11-12,17H,3-10H2;1H. The van der Waals surface area contributed by atoms with Crippen LogP contribution in [-0.2, 0) is 0 Å². The quantitative estimate of drug-likeness (QED) is 0.671. The lowest BCUT2D eigenvalue weighted by molar-refractivity contribution is -0.387. The molecule has 2 saturated heterocycles. The molecule has 3 rings (SSSR count). The molecule has 2 aliphatic rings. The highest BCUT2D eigenvalue weighted by atomic mass is 35.5. The van der Waals surface area contributed by atoms with Gasteiger partial charge in [-0.3, -0.25) is 15.0 Å². The first kappa shape index (κ1) is 17.9. The Morgan fingerprint density at radius 1 is 1.17 bits per heavy atom. The predicted molar refractivity (Wildman–Crippen MR) is 90.0 cm³/mol. The Kier molecular flexibility index (Phi) is 6.15. The molecule has 2 aliphatic heterocycles. The highest BCUT2D eigenvalue weighted by Gasteiger charge is 2.26. The predicted octanol–water partition coefficient (Wildman–Crippen LogP) is 2.03. The van der Waals surface area contributed by atoms with Crippen molar-refractivity contribution in [3.8, 4) is 0 Å². The minimum absolute atomic E-state index is 0. The topological polar surface area (TPSA) is 61.7 Å². The maximum atomic E-state index is 13.7. The van der Waals surface area contributed by atoms with Crippen molar-refractivity contribution in [2.75, 3.05) is 44.2 Å². The molecule has 0 amide bonds. The smallest absolute Gasteiger partial charge is 0.304 e. The lowest BCUT2D eigenvalue weighted by Crippen LogP contribution is -2.52. The van der Waals surface area contributed by atoms with Crippen LogP contribution in [-0.4, -0.2) is 55.1 Å². The summed E-state index contributed by atoms with van der Waals surface area (Å²) in [5.41, 5.74) is 0.269. The molecule has 0 saturated carbocycles. The van der Waals surface area contributed by atoms with E-state index in [1.807, 2.05) is 0 Å². The normalized spacial score (nSPS) is 20.1. The summed E-state index contributed by atoms with van der Waals surface area (Å²) in [5, 5.41) is 14.0. The van der Waals surface area contributed by atoms with Crippen LogP contribution >= 0.6 is 12.4 Å². The summed E-state index contributed by atoms with van der Waals surface area (Å²) in [4.78, 5) is 14.6. The van der Waals surface area contributed by atoms with E-state index in [-0.39, 0.29) is 12.4 Å². The Labute approximate surface area is 141 Å². The van der Waals surface area contributed by atoms with E-state index in [1.54, 1.807) is 6.07 Å². The van der Waals surface area contributed by atoms with Gasteiger partial charge in [0.2, 0.25) is 5.82 Å². The molecule has 2 heterocycles. The van der Waals surface area contributed by atoms with Crippen LogP contribution in [0.2, 0.25) is 0 Å². The van der Waals surface area contributed by atoms with Gasteiger partial charge >= 0.3 is 5.69 Å². The van der Waals surface area contributed by atoms with Gasteiger partial charge in [0.25, 0.3) is 0 Å². The van der Waals surface area contributed by atoms with Crippen molar-refractivity contribution in [1.29, 1.82) is 0 Å². The van der Waals surface area contributed by atoms with Gasteiger partial charge in [0, 0.05) is 50.0 Å². The number of anilines is 1. The van der Waals surface area contributed by atoms with Crippen molar-refractivity contribution in [3.63, 3.8) is 0 Å². The first-order valence-electron chi connectivity index (χ1n) is 7.79. The number of hydrogen-bond acceptors (Lipinski definition) is 5. The van der Waals surface area contributed by atoms with Crippen molar-refractivity contribution in [3.05, 3.63) is 34.1 Å². The molecule has 128 valence electrons. The van der Waals surface area contributed by atoms with E-state index in [0.717, 1.165) is 45.0 Å². The summed E-state index contributed by atoms with van der Waals surface area (Å²) in [6.45, 7) is 5.76. The molecule has 8 heteroatoms. The van der Waals surface area contributed by atoms with Crippen LogP contribution in [0.5, 0.6) is 0 Å². The van der Waals surface area contributed by atoms with Gasteiger partial charge in [0.15, 0.2) is 0 Å². The van der Waals surface area contributed by atoms with E-state index in [9.17, 15) is 14.5 Å². The van der Waals surface area contributed by atoms with Gasteiger partial charge in [0.05, 0.1) is 4.92 Å². The highest BCUT2D eigenvalue weighted by molar-refractivity contribution is 5.85. The molecular weight excluding hydrogens is 323 g/mol. The molecule has 6 nitrogen and oxygen atoms in total. The Morgan fingerprint density at radius 3 is 2.39 bits per heavy atom. The molecule has 0 spiro atoms. The second-order valence-electron chi connectivity index (χ2n) is 5.90. The summed E-state index contributed by atoms with van der Waals surface area (Å²) < 4.78 is 13.7. The van der Waals surface area contributed by atoms with Crippen molar-refractivity contribution < 1.29 is 9.31 Å². The molecule has 0 unspecified atom stereocenters. The second kappa shape index (κ2) is 7.90. The van der Waals surface area contributed by atoms with Gasteiger partial charge < -0.3 is 10.2 Å². The number of benzene rings is 1. The number of nitrogens with zero attached hydrogens (tertiary/aromatic N) is 3. The number of piperazine rings is 1. The molecule has 2 fully saturated rings. The number of nitrogens with one attached hydrogen (secondary N) is 1. The third kappa shape index (κ3) is 4.10. The molecule has 0 radical (unpaired) electrons. The van der Waals surface area contributed by atoms with E-state index in [4.69, 9.17) is 0 Å². The van der Waals surface area contributed by atoms with E-state index in [0.29, 0.717) is 6.04 Å². The molecule has 1 aromatic rings. The molecule has 0 bridgehead atoms. The maximum absolute atomic E-state index is 13.7. The first-order chi connectivity index (χ1) is 10.6. The van der Waals surface area contributed by atoms with Crippen LogP contribution in [0.4, 0.5) is 15.8 Å². The largest absolute Gasteiger partial charge is 0.369 e. The van der Waals surface area contributed by atoms with Gasteiger partial charge in [-0.05, 0) is 32.0 Å². The molecule has 0 atom stereocenters. The fourth-order valence-electron chi connectivity index (χ4n) is 3.36. The lowest BCUT2D eigenvalue weighted by Gasteiger charge is -2.41. The molecular formula is C15H22ClFN4O2. The van der Waals surface area contributed by atoms with E-state index in [2.05, 4.69) is 15.1 Å². The van der Waals surface area contributed by atoms with Gasteiger partial charge in [-0.2, -0.15) is 4.39 Å². The SMILES string of the molecule is Cl.O=[N+]([O-])c1ccc(N2CCN(C3CCNCC3)CC2)cc1F. The van der Waals surface area contributed by atoms with Crippen LogP contribution in [0.15, 0.2) is 18.2 Å². The Bertz CT molecular complexity index is 546. The molecule has 23 heavy (non-hydrogen) atoms. The van der Waals surface area contributed by atoms with Gasteiger partial charge in [-0.15, -0.1) is 12.4 Å². The Hall–Kier alpha value is -1.44. The molecule has 1 N–H and O–H groups in total. The van der Waals surface area contributed by atoms with Crippen LogP contribution < -0.4 is 10.2 Å². The summed E-state index contributed by atoms with van der Waals surface area (Å²) in [6.07, 6.45) is 2.37. The number of rotatable bonds is 3. The third-order valence-electron chi connectivity index (χ3n) is 4.63. The zero-order chi connectivity index (χ0) is 15.5. The first-order valence-corrected chi connectivity index (χ1v) is 7.79. The maximum Gasteiger partial charge on any atom is 0.304 e. The highest BCUT2D eigenvalue weighted by Crippen LogP contribution is 2.25. The average Bonchev–Trinajstić information content (AvgIpc) is 2.55. The van der Waals surface area contributed by atoms with Crippen molar-refractivity contribution in [1.82, 2.24) is 10.2 Å². The zero-order valence-electron chi connectivity index (χ0n) is 12.9. The average molecular weight is 345 g/mol. The molecule has 0 aliphatic carbocycles. The van der Waals surface area contributed by atoms with Crippen LogP contribution in [0.25, 0.3) is 0 Å². The van der Waals surface area contributed by atoms with E-state index >= 15 is 0 Å². The van der Waals surface area contributed by atoms with Crippen molar-refractivity contribution in [2.45, 2.75) is 18.9 Å². The van der Waals surface area contributed by atoms with Crippen LogP contribution in [0.1, 0.15) is 12.8 Å². The molecule has 0 aromatic heterocycles. The van der Waals surface area contributed by atoms with Crippen molar-refractivity contribution >= 4 is 23.8 Å². The Morgan fingerprint density at radius 2 is 1.83 bits per heavy atom. The van der Waals surface area contributed by atoms with Gasteiger partial charge in [-0.25, -0.2) is 0 Å². The number of nitro benzene ring substituents is 1. The fraction of sp³-hybridized carbons (Fsp3) is 0.600. The number of halogens is 2. The van der Waals surface area contributed by atoms with E-state index < -0.39 is 16.4 Å². The van der Waals surface area contributed by atoms with Crippen molar-refractivity contribution in [2.24, 2.45) is 0 Å². The van der Waals surface area contributed by atoms with Crippen LogP contribution in [0.3, 0.4) is 0 Å². The summed E-state index contributed by atoms with van der Waals surface area (Å²) in [7, 11) is 0. The zero-order valence-corrected chi connectivity index (χ0v) is 13.7. The van der Waals surface area contributed by atoms with Gasteiger partial charge in [-0.1, -0.05) is 0 Å². The second-order valence-corrected chi connectivity index (χ2v) is 5.90. The summed E-state index contributed by atoms with van der Waals surface area (Å²) >= 11 is 0. The molecule has 1 aromatic carbocycles. The number of hydrogen-bond donors (Lipinski definition) is 1. The summed E-state index contributed by atoms with van der Waals surface area (Å²) in [5.74, 6) is -0.761. The fourth-order valence-corrected chi connectivity index (χ4v) is 3.36. The van der Waals surface area contributed by atoms with Crippen LogP contribution in [0, 0.1) is 15.9 Å². The van der Waals surface area contributed by atoms with Gasteiger partial charge in [0.1, 0.15) is 0 Å². The number of piperidine rings is 1. The minimum atomic E-state index is -0.761. The Balaban J connectivity index is 0.00000192. The monoisotopic (exact) mass is 344 g/mol. The minimum Gasteiger partial charge on any atom is -0.369 e. The summed E-state index contributed by atoms with van der Waals surface area (Å²) in [6, 6.07) is 4.82. The van der Waals surface area contributed by atoms with E-state index in [1.165, 1.54) is 25.0 Å².